The standard InChI is InChI=1S/C15H13F3N4O2/c1-9-19-14(15(16,17)18)20-22(9)8-12-7-13(21-24-12)10-3-5-11(23-2)6-4-10/h3-7H,8H2,1-2H3. The molecular weight excluding hydrogens is 325 g/mol. The quantitative estimate of drug-likeness (QED) is 0.730. The molecule has 0 aliphatic heterocycles. The predicted molar refractivity (Wildman–Crippen MR) is 77.4 cm³/mol. The maximum absolute atomic E-state index is 12.6. The number of hydrogen-bond donors (Lipinski definition) is 0. The van der Waals surface area contributed by atoms with Gasteiger partial charge in [0.15, 0.2) is 5.76 Å². The first-order chi connectivity index (χ1) is 11.4. The molecule has 0 radical (unpaired) electrons. The zero-order valence-electron chi connectivity index (χ0n) is 12.8. The molecule has 24 heavy (non-hydrogen) atoms. The Balaban J connectivity index is 1.80. The zero-order chi connectivity index (χ0) is 17.3. The second kappa shape index (κ2) is 5.99. The van der Waals surface area contributed by atoms with Crippen LogP contribution in [0.15, 0.2) is 34.9 Å². The molecule has 6 nitrogen and oxygen atoms in total. The fraction of sp³-hybridized carbons (Fsp3) is 0.267. The molecule has 126 valence electrons. The van der Waals surface area contributed by atoms with E-state index < -0.39 is 12.0 Å². The topological polar surface area (TPSA) is 66.0 Å². The molecule has 0 saturated heterocycles. The normalized spacial score (nSPS) is 11.7. The van der Waals surface area contributed by atoms with E-state index in [9.17, 15) is 13.2 Å². The highest BCUT2D eigenvalue weighted by Crippen LogP contribution is 2.27. The Bertz CT molecular complexity index is 837. The van der Waals surface area contributed by atoms with Crippen molar-refractivity contribution in [1.29, 1.82) is 0 Å². The van der Waals surface area contributed by atoms with E-state index in [0.29, 0.717) is 17.2 Å². The predicted octanol–water partition coefficient (Wildman–Crippen LogP) is 3.32. The third kappa shape index (κ3) is 3.24. The number of nitrogens with zero attached hydrogens (tertiary/aromatic N) is 4. The lowest BCUT2D eigenvalue weighted by Crippen LogP contribution is -2.09. The second-order valence-corrected chi connectivity index (χ2v) is 5.04. The summed E-state index contributed by atoms with van der Waals surface area (Å²) in [5.74, 6) is 0.0579. The van der Waals surface area contributed by atoms with Crippen LogP contribution in [-0.2, 0) is 12.7 Å². The number of aromatic nitrogens is 4. The number of benzene rings is 1. The van der Waals surface area contributed by atoms with Crippen LogP contribution in [0.1, 0.15) is 17.4 Å². The van der Waals surface area contributed by atoms with Crippen LogP contribution in [0.3, 0.4) is 0 Å². The molecule has 0 fully saturated rings. The zero-order valence-corrected chi connectivity index (χ0v) is 12.8. The number of alkyl halides is 3. The Hall–Kier alpha value is -2.84. The SMILES string of the molecule is COc1ccc(-c2cc(Cn3nc(C(F)(F)F)nc3C)on2)cc1. The number of aryl methyl sites for hydroxylation is 1. The molecule has 0 aliphatic rings. The Labute approximate surface area is 134 Å². The number of methoxy groups -OCH3 is 1. The fourth-order valence-electron chi connectivity index (χ4n) is 2.12. The van der Waals surface area contributed by atoms with Crippen molar-refractivity contribution in [3.63, 3.8) is 0 Å². The first kappa shape index (κ1) is 16.0. The van der Waals surface area contributed by atoms with Gasteiger partial charge in [-0.3, -0.25) is 0 Å². The lowest BCUT2D eigenvalue weighted by Gasteiger charge is -2.00. The van der Waals surface area contributed by atoms with Crippen molar-refractivity contribution in [2.45, 2.75) is 19.6 Å². The van der Waals surface area contributed by atoms with E-state index >= 15 is 0 Å². The average molecular weight is 338 g/mol. The van der Waals surface area contributed by atoms with E-state index in [1.54, 1.807) is 25.3 Å². The van der Waals surface area contributed by atoms with E-state index in [1.807, 2.05) is 12.1 Å². The van der Waals surface area contributed by atoms with Gasteiger partial charge in [0.05, 0.1) is 7.11 Å². The number of rotatable bonds is 4. The first-order valence-corrected chi connectivity index (χ1v) is 6.95. The molecule has 3 rings (SSSR count). The molecule has 0 aliphatic carbocycles. The smallest absolute Gasteiger partial charge is 0.453 e. The van der Waals surface area contributed by atoms with Gasteiger partial charge in [-0.1, -0.05) is 5.16 Å². The summed E-state index contributed by atoms with van der Waals surface area (Å²) in [6.45, 7) is 1.46. The van der Waals surface area contributed by atoms with Crippen molar-refractivity contribution in [3.8, 4) is 17.0 Å². The molecule has 9 heteroatoms. The van der Waals surface area contributed by atoms with Gasteiger partial charge >= 0.3 is 6.18 Å². The molecule has 0 bridgehead atoms. The Morgan fingerprint density at radius 2 is 1.92 bits per heavy atom. The summed E-state index contributed by atoms with van der Waals surface area (Å²) >= 11 is 0. The van der Waals surface area contributed by atoms with Crippen LogP contribution in [0.2, 0.25) is 0 Å². The van der Waals surface area contributed by atoms with Gasteiger partial charge in [-0.05, 0) is 31.2 Å². The molecule has 2 heterocycles. The highest BCUT2D eigenvalue weighted by atomic mass is 19.4. The average Bonchev–Trinajstić information content (AvgIpc) is 3.15. The van der Waals surface area contributed by atoms with Crippen LogP contribution >= 0.6 is 0 Å². The van der Waals surface area contributed by atoms with Crippen molar-refractivity contribution in [3.05, 3.63) is 47.7 Å². The van der Waals surface area contributed by atoms with Crippen LogP contribution < -0.4 is 4.74 Å². The van der Waals surface area contributed by atoms with Gasteiger partial charge < -0.3 is 9.26 Å². The van der Waals surface area contributed by atoms with E-state index in [0.717, 1.165) is 10.2 Å². The molecule has 0 amide bonds. The first-order valence-electron chi connectivity index (χ1n) is 6.95. The summed E-state index contributed by atoms with van der Waals surface area (Å²) in [6, 6.07) is 8.82. The largest absolute Gasteiger partial charge is 0.497 e. The molecule has 0 N–H and O–H groups in total. The van der Waals surface area contributed by atoms with Crippen LogP contribution in [0.25, 0.3) is 11.3 Å². The summed E-state index contributed by atoms with van der Waals surface area (Å²) in [7, 11) is 1.57. The third-order valence-electron chi connectivity index (χ3n) is 3.36. The highest BCUT2D eigenvalue weighted by molar-refractivity contribution is 5.59. The van der Waals surface area contributed by atoms with Gasteiger partial charge in [0.25, 0.3) is 5.82 Å². The lowest BCUT2D eigenvalue weighted by molar-refractivity contribution is -0.145. The summed E-state index contributed by atoms with van der Waals surface area (Å²) in [4.78, 5) is 3.41. The Morgan fingerprint density at radius 3 is 2.50 bits per heavy atom. The molecule has 0 spiro atoms. The minimum absolute atomic E-state index is 0.0120. The minimum atomic E-state index is -4.58. The van der Waals surface area contributed by atoms with Gasteiger partial charge in [-0.15, -0.1) is 5.10 Å². The molecule has 1 aromatic carbocycles. The van der Waals surface area contributed by atoms with Crippen LogP contribution in [0.5, 0.6) is 5.75 Å². The molecule has 0 atom stereocenters. The molecule has 3 aromatic rings. The van der Waals surface area contributed by atoms with Crippen molar-refractivity contribution < 1.29 is 22.4 Å². The maximum Gasteiger partial charge on any atom is 0.453 e. The molecule has 0 unspecified atom stereocenters. The summed E-state index contributed by atoms with van der Waals surface area (Å²) in [6.07, 6.45) is -4.58. The van der Waals surface area contributed by atoms with Crippen LogP contribution in [0.4, 0.5) is 13.2 Å². The maximum atomic E-state index is 12.6. The van der Waals surface area contributed by atoms with Crippen molar-refractivity contribution >= 4 is 0 Å². The number of ether oxygens (including phenoxy) is 1. The van der Waals surface area contributed by atoms with Gasteiger partial charge in [0.1, 0.15) is 23.8 Å². The van der Waals surface area contributed by atoms with Gasteiger partial charge in [-0.2, -0.15) is 13.2 Å². The Kier molecular flexibility index (Phi) is 4.00. The number of halogens is 3. The Morgan fingerprint density at radius 1 is 1.21 bits per heavy atom. The summed E-state index contributed by atoms with van der Waals surface area (Å²) in [5.41, 5.74) is 1.37. The van der Waals surface area contributed by atoms with Crippen LogP contribution in [0, 0.1) is 6.92 Å². The molecular formula is C15H13F3N4O2. The van der Waals surface area contributed by atoms with E-state index in [4.69, 9.17) is 9.26 Å². The van der Waals surface area contributed by atoms with Crippen molar-refractivity contribution in [1.82, 2.24) is 19.9 Å². The molecule has 0 saturated carbocycles. The lowest BCUT2D eigenvalue weighted by atomic mass is 10.1. The molecule has 2 aromatic heterocycles. The monoisotopic (exact) mass is 338 g/mol. The van der Waals surface area contributed by atoms with Crippen molar-refractivity contribution in [2.75, 3.05) is 7.11 Å². The van der Waals surface area contributed by atoms with Gasteiger partial charge in [0, 0.05) is 11.6 Å². The van der Waals surface area contributed by atoms with Crippen molar-refractivity contribution in [2.24, 2.45) is 0 Å². The van der Waals surface area contributed by atoms with Gasteiger partial charge in [-0.25, -0.2) is 9.67 Å². The van der Waals surface area contributed by atoms with E-state index in [1.165, 1.54) is 6.92 Å². The highest BCUT2D eigenvalue weighted by Gasteiger charge is 2.36. The second-order valence-electron chi connectivity index (χ2n) is 5.04. The minimum Gasteiger partial charge on any atom is -0.497 e. The summed E-state index contributed by atoms with van der Waals surface area (Å²) in [5, 5.41) is 7.38. The summed E-state index contributed by atoms with van der Waals surface area (Å²) < 4.78 is 49.3. The van der Waals surface area contributed by atoms with E-state index in [-0.39, 0.29) is 12.4 Å². The van der Waals surface area contributed by atoms with Gasteiger partial charge in [0.2, 0.25) is 0 Å². The van der Waals surface area contributed by atoms with E-state index in [2.05, 4.69) is 15.2 Å². The third-order valence-corrected chi connectivity index (χ3v) is 3.36. The number of hydrogen-bond acceptors (Lipinski definition) is 5. The van der Waals surface area contributed by atoms with Crippen LogP contribution in [-0.4, -0.2) is 27.0 Å². The fourth-order valence-corrected chi connectivity index (χ4v) is 2.12.